The van der Waals surface area contributed by atoms with Gasteiger partial charge in [-0.25, -0.2) is 0 Å². The second-order valence-corrected chi connectivity index (χ2v) is 5.60. The smallest absolute Gasteiger partial charge is 0.251 e. The average molecular weight is 300 g/mol. The fourth-order valence-corrected chi connectivity index (χ4v) is 2.72. The molecule has 3 nitrogen and oxygen atoms in total. The molecule has 0 fully saturated rings. The summed E-state index contributed by atoms with van der Waals surface area (Å²) in [4.78, 5) is 24.5. The first-order valence-electron chi connectivity index (χ1n) is 6.78. The molecule has 21 heavy (non-hydrogen) atoms. The Labute approximate surface area is 127 Å². The van der Waals surface area contributed by atoms with Gasteiger partial charge in [-0.1, -0.05) is 29.8 Å². The first-order chi connectivity index (χ1) is 10.1. The van der Waals surface area contributed by atoms with Crippen LogP contribution in [-0.4, -0.2) is 18.2 Å². The number of ketones is 1. The van der Waals surface area contributed by atoms with Crippen molar-refractivity contribution in [3.05, 3.63) is 69.2 Å². The monoisotopic (exact) mass is 299 g/mol. The van der Waals surface area contributed by atoms with Crippen LogP contribution in [0.3, 0.4) is 0 Å². The quantitative estimate of drug-likeness (QED) is 0.866. The van der Waals surface area contributed by atoms with Crippen LogP contribution in [-0.2, 0) is 6.42 Å². The number of amides is 1. The third kappa shape index (κ3) is 2.57. The van der Waals surface area contributed by atoms with Crippen LogP contribution in [0.25, 0.3) is 0 Å². The molecule has 0 bridgehead atoms. The minimum Gasteiger partial charge on any atom is -0.352 e. The molecule has 1 aliphatic rings. The number of halogens is 1. The highest BCUT2D eigenvalue weighted by Crippen LogP contribution is 2.22. The maximum absolute atomic E-state index is 12.6. The summed E-state index contributed by atoms with van der Waals surface area (Å²) in [5.41, 5.74) is 3.52. The van der Waals surface area contributed by atoms with Crippen molar-refractivity contribution >= 4 is 23.3 Å². The van der Waals surface area contributed by atoms with E-state index in [9.17, 15) is 9.59 Å². The molecule has 1 aliphatic heterocycles. The second-order valence-electron chi connectivity index (χ2n) is 5.17. The molecule has 1 N–H and O–H groups in total. The molecule has 4 heteroatoms. The summed E-state index contributed by atoms with van der Waals surface area (Å²) in [6.07, 6.45) is 0.797. The third-order valence-electron chi connectivity index (χ3n) is 3.74. The fourth-order valence-electron chi connectivity index (χ4n) is 2.55. The first kappa shape index (κ1) is 13.8. The molecule has 3 rings (SSSR count). The van der Waals surface area contributed by atoms with E-state index >= 15 is 0 Å². The number of nitrogens with one attached hydrogen (secondary N) is 1. The lowest BCUT2D eigenvalue weighted by molar-refractivity contribution is 0.0946. The normalized spacial score (nSPS) is 13.5. The molecule has 0 spiro atoms. The molecule has 2 aromatic carbocycles. The molecule has 0 saturated carbocycles. The van der Waals surface area contributed by atoms with Crippen LogP contribution < -0.4 is 5.32 Å². The van der Waals surface area contributed by atoms with Crippen molar-refractivity contribution in [2.24, 2.45) is 0 Å². The Hall–Kier alpha value is -2.13. The minimum atomic E-state index is -0.117. The topological polar surface area (TPSA) is 46.2 Å². The second kappa shape index (κ2) is 5.34. The van der Waals surface area contributed by atoms with Gasteiger partial charge >= 0.3 is 0 Å². The molecule has 0 radical (unpaired) electrons. The van der Waals surface area contributed by atoms with Crippen molar-refractivity contribution in [1.82, 2.24) is 5.32 Å². The highest BCUT2D eigenvalue weighted by molar-refractivity contribution is 6.31. The van der Waals surface area contributed by atoms with Gasteiger partial charge < -0.3 is 5.32 Å². The van der Waals surface area contributed by atoms with Gasteiger partial charge in [0.05, 0.1) is 0 Å². The van der Waals surface area contributed by atoms with Gasteiger partial charge in [-0.15, -0.1) is 0 Å². The van der Waals surface area contributed by atoms with E-state index < -0.39 is 0 Å². The summed E-state index contributed by atoms with van der Waals surface area (Å²) in [6, 6.07) is 10.6. The number of carbonyl (C=O) groups excluding carboxylic acids is 2. The summed E-state index contributed by atoms with van der Waals surface area (Å²) in [5.74, 6) is -0.232. The first-order valence-corrected chi connectivity index (χ1v) is 7.16. The lowest BCUT2D eigenvalue weighted by atomic mass is 9.93. The lowest BCUT2D eigenvalue weighted by Gasteiger charge is -2.17. The summed E-state index contributed by atoms with van der Waals surface area (Å²) in [6.45, 7) is 2.52. The maximum Gasteiger partial charge on any atom is 0.251 e. The molecule has 2 aromatic rings. The van der Waals surface area contributed by atoms with Crippen molar-refractivity contribution in [3.63, 3.8) is 0 Å². The predicted octanol–water partition coefficient (Wildman–Crippen LogP) is 3.17. The van der Waals surface area contributed by atoms with Crippen LogP contribution in [0.4, 0.5) is 0 Å². The molecular weight excluding hydrogens is 286 g/mol. The lowest BCUT2D eigenvalue weighted by Crippen LogP contribution is -2.32. The Morgan fingerprint density at radius 1 is 1.19 bits per heavy atom. The molecule has 0 atom stereocenters. The van der Waals surface area contributed by atoms with Gasteiger partial charge in [-0.2, -0.15) is 0 Å². The molecular formula is C17H14ClNO2. The summed E-state index contributed by atoms with van der Waals surface area (Å²) in [7, 11) is 0. The number of rotatable bonds is 2. The van der Waals surface area contributed by atoms with Gasteiger partial charge in [0, 0.05) is 28.3 Å². The summed E-state index contributed by atoms with van der Waals surface area (Å²) in [5, 5.41) is 3.32. The van der Waals surface area contributed by atoms with Crippen molar-refractivity contribution < 1.29 is 9.59 Å². The largest absolute Gasteiger partial charge is 0.352 e. The predicted molar refractivity (Wildman–Crippen MR) is 82.1 cm³/mol. The fraction of sp³-hybridized carbons (Fsp3) is 0.176. The van der Waals surface area contributed by atoms with Gasteiger partial charge in [0.1, 0.15) is 0 Å². The number of benzene rings is 2. The Morgan fingerprint density at radius 2 is 2.00 bits per heavy atom. The Balaban J connectivity index is 2.04. The average Bonchev–Trinajstić information content (AvgIpc) is 2.49. The SMILES string of the molecule is Cc1ccc(Cl)cc1C(=O)c1ccc2c(c1)C(=O)NCC2. The highest BCUT2D eigenvalue weighted by atomic mass is 35.5. The summed E-state index contributed by atoms with van der Waals surface area (Å²) >= 11 is 5.97. The van der Waals surface area contributed by atoms with Crippen molar-refractivity contribution in [1.29, 1.82) is 0 Å². The zero-order chi connectivity index (χ0) is 15.0. The Bertz CT molecular complexity index is 752. The van der Waals surface area contributed by atoms with E-state index in [0.717, 1.165) is 17.5 Å². The van der Waals surface area contributed by atoms with Gasteiger partial charge in [0.15, 0.2) is 5.78 Å². The van der Waals surface area contributed by atoms with E-state index in [4.69, 9.17) is 11.6 Å². The van der Waals surface area contributed by atoms with E-state index in [1.165, 1.54) is 0 Å². The van der Waals surface area contributed by atoms with Crippen LogP contribution in [0.2, 0.25) is 5.02 Å². The van der Waals surface area contributed by atoms with Gasteiger partial charge in [0.2, 0.25) is 0 Å². The Morgan fingerprint density at radius 3 is 2.81 bits per heavy atom. The number of aryl methyl sites for hydroxylation is 1. The number of hydrogen-bond acceptors (Lipinski definition) is 2. The van der Waals surface area contributed by atoms with Gasteiger partial charge in [0.25, 0.3) is 5.91 Å². The van der Waals surface area contributed by atoms with Crippen molar-refractivity contribution in [3.8, 4) is 0 Å². The molecule has 0 unspecified atom stereocenters. The molecule has 1 heterocycles. The van der Waals surface area contributed by atoms with Crippen LogP contribution in [0.1, 0.15) is 37.4 Å². The molecule has 0 aliphatic carbocycles. The van der Waals surface area contributed by atoms with E-state index in [0.29, 0.717) is 28.3 Å². The Kier molecular flexibility index (Phi) is 3.52. The van der Waals surface area contributed by atoms with Crippen LogP contribution in [0, 0.1) is 6.92 Å². The maximum atomic E-state index is 12.6. The number of carbonyl (C=O) groups is 2. The van der Waals surface area contributed by atoms with Crippen LogP contribution >= 0.6 is 11.6 Å². The van der Waals surface area contributed by atoms with E-state index in [1.807, 2.05) is 19.1 Å². The molecule has 106 valence electrons. The zero-order valence-electron chi connectivity index (χ0n) is 11.6. The van der Waals surface area contributed by atoms with Gasteiger partial charge in [-0.05, 0) is 42.7 Å². The third-order valence-corrected chi connectivity index (χ3v) is 3.98. The van der Waals surface area contributed by atoms with Gasteiger partial charge in [-0.3, -0.25) is 9.59 Å². The highest BCUT2D eigenvalue weighted by Gasteiger charge is 2.20. The molecule has 1 amide bonds. The van der Waals surface area contributed by atoms with Crippen LogP contribution in [0.15, 0.2) is 36.4 Å². The van der Waals surface area contributed by atoms with E-state index in [1.54, 1.807) is 24.3 Å². The molecule has 0 aromatic heterocycles. The minimum absolute atomic E-state index is 0.115. The number of fused-ring (bicyclic) bond motifs is 1. The van der Waals surface area contributed by atoms with Crippen molar-refractivity contribution in [2.45, 2.75) is 13.3 Å². The van der Waals surface area contributed by atoms with E-state index in [2.05, 4.69) is 5.32 Å². The van der Waals surface area contributed by atoms with E-state index in [-0.39, 0.29) is 11.7 Å². The number of hydrogen-bond donors (Lipinski definition) is 1. The van der Waals surface area contributed by atoms with Crippen LogP contribution in [0.5, 0.6) is 0 Å². The zero-order valence-corrected chi connectivity index (χ0v) is 12.3. The summed E-state index contributed by atoms with van der Waals surface area (Å²) < 4.78 is 0. The molecule has 0 saturated heterocycles. The van der Waals surface area contributed by atoms with Crippen molar-refractivity contribution in [2.75, 3.05) is 6.54 Å². The standard InChI is InChI=1S/C17H14ClNO2/c1-10-2-5-13(18)9-14(10)16(20)12-4-3-11-6-7-19-17(21)15(11)8-12/h2-5,8-9H,6-7H2,1H3,(H,19,21).